The quantitative estimate of drug-likeness (QED) is 0.511. The first-order valence-corrected chi connectivity index (χ1v) is 2.18. The van der Waals surface area contributed by atoms with E-state index in [0.29, 0.717) is 0 Å². The Kier molecular flexibility index (Phi) is 1.11. The number of nitrogens with two attached hydrogens (primary N) is 1. The molecule has 0 unspecified atom stereocenters. The smallest absolute Gasteiger partial charge is 0.292 e. The molecule has 1 amide bonds. The number of carbonyl (C=O) groups excluding carboxylic acids is 1. The van der Waals surface area contributed by atoms with Crippen LogP contribution in [-0.2, 0) is 0 Å². The molecule has 1 rings (SSSR count). The Labute approximate surface area is 49.4 Å². The maximum Gasteiger partial charge on any atom is 0.292 e. The molecular formula is C4H4N2O3. The van der Waals surface area contributed by atoms with E-state index in [1.54, 1.807) is 0 Å². The molecule has 0 aromatic carbocycles. The highest BCUT2D eigenvalue weighted by Gasteiger charge is 2.06. The van der Waals surface area contributed by atoms with Crippen molar-refractivity contribution in [2.45, 2.75) is 0 Å². The zero-order valence-corrected chi connectivity index (χ0v) is 4.38. The molecule has 3 N–H and O–H groups in total. The number of primary amides is 1. The van der Waals surface area contributed by atoms with Crippen molar-refractivity contribution in [3.8, 4) is 0 Å². The van der Waals surface area contributed by atoms with Crippen LogP contribution in [0.5, 0.6) is 0 Å². The van der Waals surface area contributed by atoms with Crippen LogP contribution >= 0.6 is 0 Å². The third-order valence-corrected chi connectivity index (χ3v) is 0.838. The molecular weight excluding hydrogens is 124 g/mol. The topological polar surface area (TPSA) is 89.1 Å². The van der Waals surface area contributed by atoms with E-state index in [9.17, 15) is 9.59 Å². The van der Waals surface area contributed by atoms with E-state index >= 15 is 0 Å². The maximum absolute atomic E-state index is 10.4. The van der Waals surface area contributed by atoms with Crippen LogP contribution < -0.4 is 11.3 Å². The van der Waals surface area contributed by atoms with Crippen LogP contribution in [0.25, 0.3) is 0 Å². The van der Waals surface area contributed by atoms with E-state index in [-0.39, 0.29) is 5.56 Å². The summed E-state index contributed by atoms with van der Waals surface area (Å²) in [7, 11) is 0. The minimum absolute atomic E-state index is 0.157. The van der Waals surface area contributed by atoms with E-state index in [2.05, 4.69) is 4.52 Å². The van der Waals surface area contributed by atoms with Gasteiger partial charge in [0, 0.05) is 0 Å². The minimum atomic E-state index is -0.787. The van der Waals surface area contributed by atoms with Gasteiger partial charge in [0.25, 0.3) is 11.5 Å². The zero-order valence-electron chi connectivity index (χ0n) is 4.38. The van der Waals surface area contributed by atoms with Crippen molar-refractivity contribution in [2.24, 2.45) is 5.73 Å². The highest BCUT2D eigenvalue weighted by molar-refractivity contribution is 5.91. The van der Waals surface area contributed by atoms with Gasteiger partial charge in [-0.25, -0.2) is 0 Å². The minimum Gasteiger partial charge on any atom is -0.386 e. The van der Waals surface area contributed by atoms with Gasteiger partial charge in [0.2, 0.25) is 0 Å². The second kappa shape index (κ2) is 1.77. The van der Waals surface area contributed by atoms with Gasteiger partial charge in [0.05, 0.1) is 0 Å². The second-order valence-electron chi connectivity index (χ2n) is 1.44. The summed E-state index contributed by atoms with van der Waals surface area (Å²) in [6.07, 6.45) is 0.977. The molecule has 0 saturated heterocycles. The van der Waals surface area contributed by atoms with Gasteiger partial charge in [-0.1, -0.05) is 0 Å². The molecule has 1 heterocycles. The Balaban J connectivity index is 3.24. The lowest BCUT2D eigenvalue weighted by atomic mass is 10.3. The van der Waals surface area contributed by atoms with Crippen molar-refractivity contribution in [3.63, 3.8) is 0 Å². The van der Waals surface area contributed by atoms with Gasteiger partial charge in [-0.3, -0.25) is 9.59 Å². The predicted octanol–water partition coefficient (Wildman–Crippen LogP) is -0.933. The lowest BCUT2D eigenvalue weighted by Gasteiger charge is -1.76. The van der Waals surface area contributed by atoms with E-state index in [1.807, 2.05) is 5.16 Å². The maximum atomic E-state index is 10.4. The van der Waals surface area contributed by atoms with Gasteiger partial charge < -0.3 is 10.3 Å². The molecule has 0 saturated carbocycles. The van der Waals surface area contributed by atoms with Crippen molar-refractivity contribution >= 4 is 5.91 Å². The average Bonchev–Trinajstić information content (AvgIpc) is 2.13. The summed E-state index contributed by atoms with van der Waals surface area (Å²) in [5.74, 6) is -0.787. The van der Waals surface area contributed by atoms with Crippen LogP contribution in [0, 0.1) is 0 Å². The molecule has 0 aliphatic carbocycles. The summed E-state index contributed by atoms with van der Waals surface area (Å²) < 4.78 is 4.27. The van der Waals surface area contributed by atoms with Gasteiger partial charge in [0.15, 0.2) is 0 Å². The molecule has 1 aromatic rings. The van der Waals surface area contributed by atoms with Crippen molar-refractivity contribution < 1.29 is 9.32 Å². The first kappa shape index (κ1) is 5.61. The third-order valence-electron chi connectivity index (χ3n) is 0.838. The van der Waals surface area contributed by atoms with E-state index in [0.717, 1.165) is 6.26 Å². The SMILES string of the molecule is NC(=O)c1co[nH]c1=O. The van der Waals surface area contributed by atoms with Crippen molar-refractivity contribution in [1.29, 1.82) is 0 Å². The molecule has 0 aliphatic heterocycles. The van der Waals surface area contributed by atoms with Gasteiger partial charge >= 0.3 is 0 Å². The Morgan fingerprint density at radius 2 is 2.44 bits per heavy atom. The number of aromatic nitrogens is 1. The number of nitrogens with one attached hydrogen (secondary N) is 1. The largest absolute Gasteiger partial charge is 0.386 e. The summed E-state index contributed by atoms with van der Waals surface area (Å²) in [6, 6.07) is 0. The average molecular weight is 128 g/mol. The highest BCUT2D eigenvalue weighted by Crippen LogP contribution is 1.84. The molecule has 0 aliphatic rings. The van der Waals surface area contributed by atoms with Gasteiger partial charge in [-0.2, -0.15) is 5.16 Å². The highest BCUT2D eigenvalue weighted by atomic mass is 16.5. The van der Waals surface area contributed by atoms with Gasteiger partial charge in [-0.15, -0.1) is 0 Å². The second-order valence-corrected chi connectivity index (χ2v) is 1.44. The molecule has 0 bridgehead atoms. The Bertz CT molecular complexity index is 271. The summed E-state index contributed by atoms with van der Waals surface area (Å²) in [5, 5.41) is 1.92. The Morgan fingerprint density at radius 3 is 2.67 bits per heavy atom. The van der Waals surface area contributed by atoms with Crippen molar-refractivity contribution in [1.82, 2.24) is 5.16 Å². The molecule has 5 heteroatoms. The van der Waals surface area contributed by atoms with Crippen LogP contribution in [0.15, 0.2) is 15.6 Å². The molecule has 0 spiro atoms. The molecule has 5 nitrogen and oxygen atoms in total. The summed E-state index contributed by atoms with van der Waals surface area (Å²) in [5.41, 5.74) is 3.99. The number of H-pyrrole nitrogens is 1. The fraction of sp³-hybridized carbons (Fsp3) is 0. The first-order chi connectivity index (χ1) is 4.22. The molecule has 48 valence electrons. The number of amides is 1. The molecule has 1 aromatic heterocycles. The van der Waals surface area contributed by atoms with E-state index in [4.69, 9.17) is 5.73 Å². The number of carbonyl (C=O) groups is 1. The van der Waals surface area contributed by atoms with Crippen LogP contribution in [0.2, 0.25) is 0 Å². The van der Waals surface area contributed by atoms with Crippen LogP contribution in [0.4, 0.5) is 0 Å². The van der Waals surface area contributed by atoms with Crippen molar-refractivity contribution in [3.05, 3.63) is 22.2 Å². The number of hydrogen-bond donors (Lipinski definition) is 2. The summed E-state index contributed by atoms with van der Waals surface area (Å²) in [6.45, 7) is 0. The van der Waals surface area contributed by atoms with Crippen LogP contribution in [0.1, 0.15) is 10.4 Å². The third kappa shape index (κ3) is 0.835. The predicted molar refractivity (Wildman–Crippen MR) is 27.8 cm³/mol. The van der Waals surface area contributed by atoms with Gasteiger partial charge in [0.1, 0.15) is 11.8 Å². The Morgan fingerprint density at radius 1 is 1.78 bits per heavy atom. The lowest BCUT2D eigenvalue weighted by molar-refractivity contribution is 0.0999. The molecule has 0 fully saturated rings. The van der Waals surface area contributed by atoms with Crippen LogP contribution in [0.3, 0.4) is 0 Å². The van der Waals surface area contributed by atoms with Gasteiger partial charge in [-0.05, 0) is 0 Å². The molecule has 9 heavy (non-hydrogen) atoms. The molecule has 0 atom stereocenters. The Hall–Kier alpha value is -1.52. The number of aromatic amines is 1. The summed E-state index contributed by atoms with van der Waals surface area (Å²) >= 11 is 0. The zero-order chi connectivity index (χ0) is 6.85. The van der Waals surface area contributed by atoms with Crippen molar-refractivity contribution in [2.75, 3.05) is 0 Å². The first-order valence-electron chi connectivity index (χ1n) is 2.18. The standard InChI is InChI=1S/C4H4N2O3/c5-3(7)2-1-9-6-4(2)8/h1H,(H2,5,7)(H,6,8). The molecule has 0 radical (unpaired) electrons. The monoisotopic (exact) mass is 128 g/mol. The van der Waals surface area contributed by atoms with E-state index < -0.39 is 11.5 Å². The number of hydrogen-bond acceptors (Lipinski definition) is 3. The fourth-order valence-electron chi connectivity index (χ4n) is 0.420. The number of rotatable bonds is 1. The van der Waals surface area contributed by atoms with E-state index in [1.165, 1.54) is 0 Å². The lowest BCUT2D eigenvalue weighted by Crippen LogP contribution is -2.19. The fourth-order valence-corrected chi connectivity index (χ4v) is 0.420. The van der Waals surface area contributed by atoms with Crippen LogP contribution in [-0.4, -0.2) is 11.1 Å². The summed E-state index contributed by atoms with van der Waals surface area (Å²) in [4.78, 5) is 20.6. The normalized spacial score (nSPS) is 9.33.